The van der Waals surface area contributed by atoms with E-state index in [1.165, 1.54) is 25.2 Å². The number of alkyl carbamates (subject to hydrolysis) is 2. The number of nitrogens with zero attached hydrogens (tertiary/aromatic N) is 6. The first kappa shape index (κ1) is 48.2. The van der Waals surface area contributed by atoms with E-state index in [2.05, 4.69) is 26.7 Å². The summed E-state index contributed by atoms with van der Waals surface area (Å²) >= 11 is 1.62. The predicted octanol–water partition coefficient (Wildman–Crippen LogP) is 9.14. The molecule has 8 atom stereocenters. The SMILES string of the molecule is COC(=O)NC(C(=O)N1[C@@H]2CC2C[C@H]1c1ncc(-c2ccc3c(c2)cc2n3C(c3ncc(C4CC4)s3)Oc3cc(-c4cnc([C@@H]5CCCN5C(=O)[C@@H](NC(=O)OC)C(C)C)[nH]4)cc(F)c3-2)[nH]1)C1CCOC(C)(C)C1. The van der Waals surface area contributed by atoms with Gasteiger partial charge in [-0.25, -0.2) is 28.9 Å². The Bertz CT molecular complexity index is 3190. The first-order chi connectivity index (χ1) is 35.7. The minimum Gasteiger partial charge on any atom is -0.462 e. The van der Waals surface area contributed by atoms with Crippen molar-refractivity contribution in [3.63, 3.8) is 0 Å². The van der Waals surface area contributed by atoms with Crippen LogP contribution in [0.15, 0.2) is 55.0 Å². The Labute approximate surface area is 431 Å². The van der Waals surface area contributed by atoms with Crippen LogP contribution >= 0.6 is 11.3 Å². The molecule has 5 fully saturated rings. The van der Waals surface area contributed by atoms with Crippen molar-refractivity contribution in [1.82, 2.24) is 49.9 Å². The molecule has 74 heavy (non-hydrogen) atoms. The predicted molar refractivity (Wildman–Crippen MR) is 271 cm³/mol. The molecule has 3 saturated heterocycles. The summed E-state index contributed by atoms with van der Waals surface area (Å²) in [4.78, 5) is 79.7. The van der Waals surface area contributed by atoms with Gasteiger partial charge >= 0.3 is 12.2 Å². The highest BCUT2D eigenvalue weighted by Gasteiger charge is 2.57. The fourth-order valence-electron chi connectivity index (χ4n) is 12.0. The van der Waals surface area contributed by atoms with Crippen molar-refractivity contribution in [1.29, 1.82) is 0 Å². The molecule has 6 aliphatic rings. The van der Waals surface area contributed by atoms with Gasteiger partial charge < -0.3 is 49.3 Å². The van der Waals surface area contributed by atoms with E-state index in [-0.39, 0.29) is 41.8 Å². The van der Waals surface area contributed by atoms with Gasteiger partial charge in [0.2, 0.25) is 18.0 Å². The molecule has 2 aromatic carbocycles. The van der Waals surface area contributed by atoms with E-state index >= 15 is 4.39 Å². The molecule has 18 nitrogen and oxygen atoms in total. The quantitative estimate of drug-likeness (QED) is 0.0908. The van der Waals surface area contributed by atoms with Crippen LogP contribution in [-0.2, 0) is 23.8 Å². The number of fused-ring (bicyclic) bond motifs is 6. The van der Waals surface area contributed by atoms with Gasteiger partial charge in [-0.2, -0.15) is 0 Å². The minimum atomic E-state index is -0.776. The normalized spacial score (nSPS) is 24.4. The third kappa shape index (κ3) is 8.66. The van der Waals surface area contributed by atoms with Crippen LogP contribution in [-0.4, -0.2) is 114 Å². The average molecular weight is 1030 g/mol. The lowest BCUT2D eigenvalue weighted by atomic mass is 9.82. The van der Waals surface area contributed by atoms with Crippen LogP contribution in [0.2, 0.25) is 0 Å². The fourth-order valence-corrected chi connectivity index (χ4v) is 13.1. The first-order valence-electron chi connectivity index (χ1n) is 25.8. The third-order valence-electron chi connectivity index (χ3n) is 16.0. The standard InChI is InChI=1S/C54H61FN10O8S/c1-26(2)44(61-52(68)70-5)49(66)63-14-7-8-37(63)46-56-24-35(60-46)30-17-33(55)43-39-19-31-16-28(11-12-36(31)65(39)51(73-41(43)21-30)48-58-25-42(74-48)27-9-10-27)34-23-57-47(59-34)40-20-32-18-38(32)64(40)50(67)45(62-53(69)71-6)29-13-15-72-54(3,4)22-29/h11-12,16-17,19,21,23-27,29,32,37-38,40,44-45,51H,7-10,13-15,18,20,22H2,1-6H3,(H,56,60)(H,57,59)(H,61,68)(H,62,69)/t29?,32?,37-,38+,40-,44-,45?,51?/m0/s1. The van der Waals surface area contributed by atoms with Crippen LogP contribution in [0.25, 0.3) is 44.7 Å². The molecule has 4 aliphatic heterocycles. The van der Waals surface area contributed by atoms with E-state index in [1.807, 2.05) is 67.6 Å². The number of methoxy groups -OCH3 is 2. The third-order valence-corrected chi connectivity index (χ3v) is 17.2. The van der Waals surface area contributed by atoms with E-state index in [0.29, 0.717) is 84.2 Å². The second kappa shape index (κ2) is 18.5. The molecule has 0 radical (unpaired) electrons. The van der Waals surface area contributed by atoms with Gasteiger partial charge in [0.15, 0.2) is 5.01 Å². The summed E-state index contributed by atoms with van der Waals surface area (Å²) in [6.07, 6.45) is 10.0. The number of halogens is 1. The zero-order chi connectivity index (χ0) is 51.3. The molecule has 2 saturated carbocycles. The number of carbonyl (C=O) groups excluding carboxylic acids is 4. The molecule has 20 heteroatoms. The average Bonchev–Trinajstić information content (AvgIpc) is 3.84. The number of imidazole rings is 2. The number of carbonyl (C=O) groups is 4. The number of amides is 4. The van der Waals surface area contributed by atoms with Gasteiger partial charge in [-0.15, -0.1) is 11.3 Å². The first-order valence-corrected chi connectivity index (χ1v) is 26.7. The molecule has 0 bridgehead atoms. The van der Waals surface area contributed by atoms with Crippen LogP contribution in [0.1, 0.15) is 125 Å². The van der Waals surface area contributed by atoms with Gasteiger partial charge in [-0.3, -0.25) is 14.2 Å². The maximum Gasteiger partial charge on any atom is 0.407 e. The van der Waals surface area contributed by atoms with Crippen molar-refractivity contribution in [2.75, 3.05) is 27.4 Å². The number of nitrogens with one attached hydrogen (secondary N) is 4. The number of likely N-dealkylation sites (tertiary alicyclic amines) is 2. The maximum atomic E-state index is 17.0. The number of aromatic nitrogens is 6. The van der Waals surface area contributed by atoms with Crippen molar-refractivity contribution in [3.05, 3.63) is 82.3 Å². The van der Waals surface area contributed by atoms with Crippen LogP contribution in [0.5, 0.6) is 5.75 Å². The summed E-state index contributed by atoms with van der Waals surface area (Å²) in [6.45, 7) is 8.77. The highest BCUT2D eigenvalue weighted by molar-refractivity contribution is 7.11. The number of aromatic amines is 2. The minimum absolute atomic E-state index is 0.0755. The number of thiazole rings is 1. The lowest BCUT2D eigenvalue weighted by molar-refractivity contribution is -0.140. The van der Waals surface area contributed by atoms with Crippen LogP contribution < -0.4 is 15.4 Å². The lowest BCUT2D eigenvalue weighted by Crippen LogP contribution is -2.55. The van der Waals surface area contributed by atoms with Crippen LogP contribution in [0.3, 0.4) is 0 Å². The van der Waals surface area contributed by atoms with Crippen molar-refractivity contribution in [3.8, 4) is 39.5 Å². The summed E-state index contributed by atoms with van der Waals surface area (Å²) in [7, 11) is 2.58. The van der Waals surface area contributed by atoms with Gasteiger partial charge in [0.25, 0.3) is 0 Å². The van der Waals surface area contributed by atoms with E-state index in [1.54, 1.807) is 28.6 Å². The number of hydrogen-bond acceptors (Lipinski definition) is 12. The molecular formula is C54H61FN10O8S. The molecule has 4 aromatic heterocycles. The molecule has 388 valence electrons. The summed E-state index contributed by atoms with van der Waals surface area (Å²) in [5.41, 5.74) is 4.12. The van der Waals surface area contributed by atoms with Crippen molar-refractivity contribution >= 4 is 46.2 Å². The number of benzene rings is 2. The molecule has 4 unspecified atom stereocenters. The molecule has 6 aromatic rings. The Balaban J connectivity index is 0.849. The smallest absolute Gasteiger partial charge is 0.407 e. The summed E-state index contributed by atoms with van der Waals surface area (Å²) < 4.78 is 41.7. The largest absolute Gasteiger partial charge is 0.462 e. The number of rotatable bonds is 12. The monoisotopic (exact) mass is 1030 g/mol. The topological polar surface area (TPSA) is 211 Å². The molecule has 12 rings (SSSR count). The van der Waals surface area contributed by atoms with Gasteiger partial charge in [-0.1, -0.05) is 19.9 Å². The number of hydrogen-bond donors (Lipinski definition) is 4. The Morgan fingerprint density at radius 1 is 0.865 bits per heavy atom. The number of H-pyrrole nitrogens is 2. The van der Waals surface area contributed by atoms with Crippen molar-refractivity contribution in [2.24, 2.45) is 17.8 Å². The second-order valence-electron chi connectivity index (χ2n) is 21.8. The lowest BCUT2D eigenvalue weighted by Gasteiger charge is -2.40. The molecule has 4 amide bonds. The van der Waals surface area contributed by atoms with Crippen LogP contribution in [0.4, 0.5) is 14.0 Å². The van der Waals surface area contributed by atoms with Crippen molar-refractivity contribution in [2.45, 2.75) is 127 Å². The maximum absolute atomic E-state index is 17.0. The zero-order valence-corrected chi connectivity index (χ0v) is 43.1. The van der Waals surface area contributed by atoms with Gasteiger partial charge in [0.1, 0.15) is 35.3 Å². The molecule has 8 heterocycles. The molecule has 0 spiro atoms. The number of piperidine rings is 1. The van der Waals surface area contributed by atoms with E-state index < -0.39 is 41.9 Å². The number of ether oxygens (including phenoxy) is 4. The summed E-state index contributed by atoms with van der Waals surface area (Å²) in [6, 6.07) is 9.30. The van der Waals surface area contributed by atoms with Crippen molar-refractivity contribution < 1.29 is 42.5 Å². The molecular weight excluding hydrogens is 968 g/mol. The molecule has 2 aliphatic carbocycles. The van der Waals surface area contributed by atoms with Crippen LogP contribution in [0, 0.1) is 23.6 Å². The van der Waals surface area contributed by atoms with Gasteiger partial charge in [-0.05, 0) is 119 Å². The highest BCUT2D eigenvalue weighted by atomic mass is 32.1. The second-order valence-corrected chi connectivity index (χ2v) is 22.9. The fraction of sp³-hybridized carbons (Fsp3) is 0.500. The molecule has 4 N–H and O–H groups in total. The Kier molecular flexibility index (Phi) is 12.1. The van der Waals surface area contributed by atoms with E-state index in [4.69, 9.17) is 33.9 Å². The highest BCUT2D eigenvalue weighted by Crippen LogP contribution is 2.54. The Morgan fingerprint density at radius 2 is 1.61 bits per heavy atom. The van der Waals surface area contributed by atoms with E-state index in [9.17, 15) is 19.2 Å². The Morgan fingerprint density at radius 3 is 2.34 bits per heavy atom. The van der Waals surface area contributed by atoms with Gasteiger partial charge in [0, 0.05) is 46.8 Å². The summed E-state index contributed by atoms with van der Waals surface area (Å²) in [5.74, 6) is 1.34. The summed E-state index contributed by atoms with van der Waals surface area (Å²) in [5, 5.41) is 7.22. The Hall–Kier alpha value is -6.80. The zero-order valence-electron chi connectivity index (χ0n) is 42.3. The van der Waals surface area contributed by atoms with E-state index in [0.717, 1.165) is 59.3 Å². The van der Waals surface area contributed by atoms with Gasteiger partial charge in [0.05, 0.1) is 72.5 Å².